The standard InChI is InChI=1S/C13H21NO3S/c1-7(2)8(3)11(15)14-10(13(16)17)6-18-12(14)9-4-5-9/h7-10,12H,4-6H2,1-3H3,(H,16,17). The predicted octanol–water partition coefficient (Wildman–Crippen LogP) is 2.04. The van der Waals surface area contributed by atoms with Crippen molar-refractivity contribution < 1.29 is 14.7 Å². The average molecular weight is 271 g/mol. The minimum absolute atomic E-state index is 0.0132. The molecule has 0 aromatic heterocycles. The van der Waals surface area contributed by atoms with Crippen LogP contribution >= 0.6 is 11.8 Å². The van der Waals surface area contributed by atoms with Crippen molar-refractivity contribution in [1.29, 1.82) is 0 Å². The van der Waals surface area contributed by atoms with E-state index >= 15 is 0 Å². The van der Waals surface area contributed by atoms with E-state index in [2.05, 4.69) is 0 Å². The van der Waals surface area contributed by atoms with Crippen molar-refractivity contribution in [2.24, 2.45) is 17.8 Å². The number of thioether (sulfide) groups is 1. The van der Waals surface area contributed by atoms with E-state index in [1.807, 2.05) is 20.8 Å². The van der Waals surface area contributed by atoms with Crippen LogP contribution in [0.2, 0.25) is 0 Å². The van der Waals surface area contributed by atoms with Crippen LogP contribution in [0.4, 0.5) is 0 Å². The summed E-state index contributed by atoms with van der Waals surface area (Å²) in [5, 5.41) is 9.36. The van der Waals surface area contributed by atoms with Gasteiger partial charge in [0.1, 0.15) is 6.04 Å². The molecule has 4 nitrogen and oxygen atoms in total. The Morgan fingerprint density at radius 1 is 1.28 bits per heavy atom. The van der Waals surface area contributed by atoms with E-state index < -0.39 is 12.0 Å². The molecular weight excluding hydrogens is 250 g/mol. The van der Waals surface area contributed by atoms with E-state index in [9.17, 15) is 14.7 Å². The fraction of sp³-hybridized carbons (Fsp3) is 0.846. The minimum atomic E-state index is -0.866. The van der Waals surface area contributed by atoms with Crippen LogP contribution in [0, 0.1) is 17.8 Å². The van der Waals surface area contributed by atoms with Crippen molar-refractivity contribution >= 4 is 23.6 Å². The predicted molar refractivity (Wildman–Crippen MR) is 71.2 cm³/mol. The number of hydrogen-bond acceptors (Lipinski definition) is 3. The van der Waals surface area contributed by atoms with Gasteiger partial charge in [0.2, 0.25) is 5.91 Å². The van der Waals surface area contributed by atoms with E-state index in [4.69, 9.17) is 0 Å². The van der Waals surface area contributed by atoms with Crippen LogP contribution in [0.1, 0.15) is 33.6 Å². The zero-order valence-electron chi connectivity index (χ0n) is 11.1. The summed E-state index contributed by atoms with van der Waals surface area (Å²) in [6.45, 7) is 5.92. The molecule has 3 atom stereocenters. The highest BCUT2D eigenvalue weighted by Gasteiger charge is 2.48. The van der Waals surface area contributed by atoms with Gasteiger partial charge in [0.15, 0.2) is 0 Å². The zero-order chi connectivity index (χ0) is 13.4. The molecule has 1 aliphatic carbocycles. The number of amides is 1. The summed E-state index contributed by atoms with van der Waals surface area (Å²) < 4.78 is 0. The fourth-order valence-electron chi connectivity index (χ4n) is 2.26. The van der Waals surface area contributed by atoms with Gasteiger partial charge in [-0.05, 0) is 24.7 Å². The molecule has 2 rings (SSSR count). The van der Waals surface area contributed by atoms with Gasteiger partial charge in [0, 0.05) is 11.7 Å². The normalized spacial score (nSPS) is 29.7. The Hall–Kier alpha value is -0.710. The van der Waals surface area contributed by atoms with Crippen LogP contribution in [0.25, 0.3) is 0 Å². The first kappa shape index (κ1) is 13.7. The van der Waals surface area contributed by atoms with Crippen molar-refractivity contribution in [2.45, 2.75) is 45.0 Å². The molecule has 1 amide bonds. The number of hydrogen-bond donors (Lipinski definition) is 1. The van der Waals surface area contributed by atoms with Crippen molar-refractivity contribution in [1.82, 2.24) is 4.90 Å². The largest absolute Gasteiger partial charge is 0.480 e. The Kier molecular flexibility index (Phi) is 3.90. The third-order valence-electron chi connectivity index (χ3n) is 3.99. The lowest BCUT2D eigenvalue weighted by Crippen LogP contribution is -2.49. The molecule has 0 aromatic rings. The molecule has 2 fully saturated rings. The second kappa shape index (κ2) is 5.11. The number of nitrogens with zero attached hydrogens (tertiary/aromatic N) is 1. The molecule has 1 saturated carbocycles. The highest BCUT2D eigenvalue weighted by atomic mass is 32.2. The van der Waals surface area contributed by atoms with Gasteiger partial charge in [-0.25, -0.2) is 4.79 Å². The van der Waals surface area contributed by atoms with Gasteiger partial charge in [0.05, 0.1) is 5.37 Å². The molecule has 0 radical (unpaired) electrons. The molecule has 1 saturated heterocycles. The minimum Gasteiger partial charge on any atom is -0.480 e. The zero-order valence-corrected chi connectivity index (χ0v) is 11.9. The molecule has 102 valence electrons. The Bertz CT molecular complexity index is 354. The third-order valence-corrected chi connectivity index (χ3v) is 5.45. The van der Waals surface area contributed by atoms with Crippen LogP contribution in [0.15, 0.2) is 0 Å². The van der Waals surface area contributed by atoms with E-state index in [0.717, 1.165) is 12.8 Å². The summed E-state index contributed by atoms with van der Waals surface area (Å²) in [4.78, 5) is 25.4. The molecular formula is C13H21NO3S. The molecule has 1 heterocycles. The van der Waals surface area contributed by atoms with Crippen LogP contribution in [0.3, 0.4) is 0 Å². The van der Waals surface area contributed by atoms with Gasteiger partial charge in [-0.3, -0.25) is 4.79 Å². The van der Waals surface area contributed by atoms with Gasteiger partial charge >= 0.3 is 5.97 Å². The van der Waals surface area contributed by atoms with Gasteiger partial charge < -0.3 is 10.0 Å². The number of carbonyl (C=O) groups excluding carboxylic acids is 1. The lowest BCUT2D eigenvalue weighted by molar-refractivity contribution is -0.151. The number of carbonyl (C=O) groups is 2. The van der Waals surface area contributed by atoms with Crippen molar-refractivity contribution in [3.63, 3.8) is 0 Å². The van der Waals surface area contributed by atoms with Gasteiger partial charge in [-0.15, -0.1) is 11.8 Å². The lowest BCUT2D eigenvalue weighted by Gasteiger charge is -2.31. The second-order valence-corrected chi connectivity index (χ2v) is 6.84. The Morgan fingerprint density at radius 3 is 2.33 bits per heavy atom. The summed E-state index contributed by atoms with van der Waals surface area (Å²) >= 11 is 1.64. The maximum Gasteiger partial charge on any atom is 0.327 e. The van der Waals surface area contributed by atoms with E-state index in [1.165, 1.54) is 0 Å². The average Bonchev–Trinajstić information content (AvgIpc) is 3.05. The van der Waals surface area contributed by atoms with Crippen LogP contribution in [0.5, 0.6) is 0 Å². The molecule has 0 spiro atoms. The van der Waals surface area contributed by atoms with Crippen molar-refractivity contribution in [2.75, 3.05) is 5.75 Å². The van der Waals surface area contributed by atoms with Crippen LogP contribution in [-0.2, 0) is 9.59 Å². The highest BCUT2D eigenvalue weighted by Crippen LogP contribution is 2.46. The molecule has 0 bridgehead atoms. The highest BCUT2D eigenvalue weighted by molar-refractivity contribution is 8.00. The molecule has 1 aliphatic heterocycles. The van der Waals surface area contributed by atoms with E-state index in [1.54, 1.807) is 16.7 Å². The summed E-state index contributed by atoms with van der Waals surface area (Å²) in [5.74, 6) is 0.341. The maximum absolute atomic E-state index is 12.5. The van der Waals surface area contributed by atoms with Crippen molar-refractivity contribution in [3.8, 4) is 0 Å². The summed E-state index contributed by atoms with van der Waals surface area (Å²) in [6, 6.07) is -0.630. The van der Waals surface area contributed by atoms with Crippen LogP contribution < -0.4 is 0 Å². The number of rotatable bonds is 4. The fourth-order valence-corrected chi connectivity index (χ4v) is 3.90. The summed E-state index contributed by atoms with van der Waals surface area (Å²) in [7, 11) is 0. The topological polar surface area (TPSA) is 57.6 Å². The van der Waals surface area contributed by atoms with E-state index in [-0.39, 0.29) is 23.1 Å². The third kappa shape index (κ3) is 2.51. The first-order valence-electron chi connectivity index (χ1n) is 6.60. The second-order valence-electron chi connectivity index (χ2n) is 5.69. The Labute approximate surface area is 112 Å². The van der Waals surface area contributed by atoms with Gasteiger partial charge in [0.25, 0.3) is 0 Å². The Balaban J connectivity index is 2.17. The maximum atomic E-state index is 12.5. The molecule has 5 heteroatoms. The summed E-state index contributed by atoms with van der Waals surface area (Å²) in [6.07, 6.45) is 2.26. The monoisotopic (exact) mass is 271 g/mol. The number of carboxylic acids is 1. The van der Waals surface area contributed by atoms with Gasteiger partial charge in [-0.1, -0.05) is 20.8 Å². The molecule has 0 aromatic carbocycles. The Morgan fingerprint density at radius 2 is 1.89 bits per heavy atom. The molecule has 18 heavy (non-hydrogen) atoms. The van der Waals surface area contributed by atoms with Crippen LogP contribution in [-0.4, -0.2) is 39.1 Å². The summed E-state index contributed by atoms with van der Waals surface area (Å²) in [5.41, 5.74) is 0. The number of aliphatic carboxylic acids is 1. The van der Waals surface area contributed by atoms with Crippen molar-refractivity contribution in [3.05, 3.63) is 0 Å². The molecule has 2 aliphatic rings. The SMILES string of the molecule is CC(C)C(C)C(=O)N1C(C(=O)O)CSC1C1CC1. The first-order chi connectivity index (χ1) is 8.43. The van der Waals surface area contributed by atoms with Gasteiger partial charge in [-0.2, -0.15) is 0 Å². The lowest BCUT2D eigenvalue weighted by atomic mass is 9.96. The molecule has 1 N–H and O–H groups in total. The number of carboxylic acid groups (broad SMARTS) is 1. The smallest absolute Gasteiger partial charge is 0.327 e. The quantitative estimate of drug-likeness (QED) is 0.850. The molecule has 3 unspecified atom stereocenters. The first-order valence-corrected chi connectivity index (χ1v) is 7.65. The van der Waals surface area contributed by atoms with E-state index in [0.29, 0.717) is 11.7 Å².